The molecule has 0 aliphatic rings. The lowest BCUT2D eigenvalue weighted by Crippen LogP contribution is -2.02. The minimum Gasteiger partial charge on any atom is -0.497 e. The molecule has 4 heteroatoms. The van der Waals surface area contributed by atoms with E-state index in [2.05, 4.69) is 9.97 Å². The molecule has 0 aliphatic carbocycles. The van der Waals surface area contributed by atoms with Crippen LogP contribution in [0.1, 0.15) is 11.5 Å². The maximum atomic E-state index is 6.00. The molecule has 0 spiro atoms. The van der Waals surface area contributed by atoms with Crippen LogP contribution in [0.4, 0.5) is 5.69 Å². The van der Waals surface area contributed by atoms with E-state index in [1.54, 1.807) is 7.11 Å². The first-order valence-electron chi connectivity index (χ1n) is 5.37. The summed E-state index contributed by atoms with van der Waals surface area (Å²) in [5, 5.41) is 0. The van der Waals surface area contributed by atoms with E-state index in [-0.39, 0.29) is 0 Å². The van der Waals surface area contributed by atoms with E-state index in [0.717, 1.165) is 28.5 Å². The number of nitrogens with two attached hydrogens (primary N) is 1. The van der Waals surface area contributed by atoms with E-state index in [1.165, 1.54) is 0 Å². The quantitative estimate of drug-likeness (QED) is 0.858. The zero-order valence-electron chi connectivity index (χ0n) is 10.2. The number of rotatable bonds is 2. The van der Waals surface area contributed by atoms with Crippen LogP contribution < -0.4 is 10.5 Å². The molecule has 0 aliphatic heterocycles. The molecule has 0 radical (unpaired) electrons. The van der Waals surface area contributed by atoms with E-state index in [1.807, 2.05) is 38.1 Å². The van der Waals surface area contributed by atoms with Crippen molar-refractivity contribution in [1.29, 1.82) is 0 Å². The highest BCUT2D eigenvalue weighted by Gasteiger charge is 2.09. The van der Waals surface area contributed by atoms with Crippen molar-refractivity contribution in [3.8, 4) is 17.0 Å². The highest BCUT2D eigenvalue weighted by Crippen LogP contribution is 2.27. The van der Waals surface area contributed by atoms with E-state index in [4.69, 9.17) is 10.5 Å². The summed E-state index contributed by atoms with van der Waals surface area (Å²) >= 11 is 0. The van der Waals surface area contributed by atoms with E-state index < -0.39 is 0 Å². The van der Waals surface area contributed by atoms with Crippen LogP contribution >= 0.6 is 0 Å². The Bertz CT molecular complexity index is 535. The summed E-state index contributed by atoms with van der Waals surface area (Å²) in [4.78, 5) is 8.61. The molecule has 2 N–H and O–H groups in total. The number of anilines is 1. The SMILES string of the molecule is COc1ccc(-c2nc(C)nc(C)c2N)cc1. The Kier molecular flexibility index (Phi) is 2.95. The van der Waals surface area contributed by atoms with Gasteiger partial charge in [-0.1, -0.05) is 0 Å². The second-order valence-electron chi connectivity index (χ2n) is 3.85. The third-order valence-corrected chi connectivity index (χ3v) is 2.61. The minimum atomic E-state index is 0.626. The summed E-state index contributed by atoms with van der Waals surface area (Å²) in [7, 11) is 1.64. The van der Waals surface area contributed by atoms with Crippen LogP contribution in [-0.4, -0.2) is 17.1 Å². The molecule has 0 fully saturated rings. The second-order valence-corrected chi connectivity index (χ2v) is 3.85. The predicted octanol–water partition coefficient (Wildman–Crippen LogP) is 2.35. The molecule has 0 bridgehead atoms. The van der Waals surface area contributed by atoms with Crippen LogP contribution in [-0.2, 0) is 0 Å². The highest BCUT2D eigenvalue weighted by atomic mass is 16.5. The monoisotopic (exact) mass is 229 g/mol. The van der Waals surface area contributed by atoms with Gasteiger partial charge in [0.2, 0.25) is 0 Å². The number of aryl methyl sites for hydroxylation is 2. The lowest BCUT2D eigenvalue weighted by atomic mass is 10.1. The molecule has 0 saturated carbocycles. The van der Waals surface area contributed by atoms with E-state index in [9.17, 15) is 0 Å². The minimum absolute atomic E-state index is 0.626. The summed E-state index contributed by atoms with van der Waals surface area (Å²) in [6.45, 7) is 3.75. The van der Waals surface area contributed by atoms with Crippen LogP contribution in [0.2, 0.25) is 0 Å². The third kappa shape index (κ3) is 2.20. The molecule has 17 heavy (non-hydrogen) atoms. The van der Waals surface area contributed by atoms with Crippen LogP contribution in [0.5, 0.6) is 5.75 Å². The molecular formula is C13H15N3O. The van der Waals surface area contributed by atoms with Crippen molar-refractivity contribution in [2.24, 2.45) is 0 Å². The molecule has 1 aromatic heterocycles. The molecule has 88 valence electrons. The number of hydrogen-bond acceptors (Lipinski definition) is 4. The third-order valence-electron chi connectivity index (χ3n) is 2.61. The summed E-state index contributed by atoms with van der Waals surface area (Å²) in [5.74, 6) is 1.54. The molecule has 2 aromatic rings. The van der Waals surface area contributed by atoms with Gasteiger partial charge in [0, 0.05) is 5.56 Å². The second kappa shape index (κ2) is 4.41. The predicted molar refractivity (Wildman–Crippen MR) is 67.9 cm³/mol. The average molecular weight is 229 g/mol. The number of nitrogen functional groups attached to an aromatic ring is 1. The lowest BCUT2D eigenvalue weighted by Gasteiger charge is -2.09. The average Bonchev–Trinajstić information content (AvgIpc) is 2.34. The van der Waals surface area contributed by atoms with Gasteiger partial charge < -0.3 is 10.5 Å². The number of aromatic nitrogens is 2. The van der Waals surface area contributed by atoms with Gasteiger partial charge in [0.25, 0.3) is 0 Å². The maximum absolute atomic E-state index is 6.00. The molecule has 4 nitrogen and oxygen atoms in total. The van der Waals surface area contributed by atoms with Gasteiger partial charge in [-0.15, -0.1) is 0 Å². The Hall–Kier alpha value is -2.10. The molecule has 0 amide bonds. The molecule has 2 rings (SSSR count). The molecule has 0 atom stereocenters. The van der Waals surface area contributed by atoms with Crippen molar-refractivity contribution in [3.05, 3.63) is 35.8 Å². The van der Waals surface area contributed by atoms with Gasteiger partial charge in [0.15, 0.2) is 0 Å². The van der Waals surface area contributed by atoms with Crippen LogP contribution in [0.25, 0.3) is 11.3 Å². The molecule has 1 heterocycles. The zero-order valence-corrected chi connectivity index (χ0v) is 10.2. The Morgan fingerprint density at radius 1 is 1.06 bits per heavy atom. The Balaban J connectivity index is 2.52. The topological polar surface area (TPSA) is 61.0 Å². The van der Waals surface area contributed by atoms with Crippen LogP contribution in [0.3, 0.4) is 0 Å². The smallest absolute Gasteiger partial charge is 0.126 e. The summed E-state index contributed by atoms with van der Waals surface area (Å²) in [6.07, 6.45) is 0. The number of ether oxygens (including phenoxy) is 1. The van der Waals surface area contributed by atoms with Crippen LogP contribution in [0.15, 0.2) is 24.3 Å². The van der Waals surface area contributed by atoms with E-state index >= 15 is 0 Å². The largest absolute Gasteiger partial charge is 0.497 e. The molecule has 0 unspecified atom stereocenters. The zero-order chi connectivity index (χ0) is 12.4. The van der Waals surface area contributed by atoms with Gasteiger partial charge in [-0.25, -0.2) is 9.97 Å². The molecular weight excluding hydrogens is 214 g/mol. The van der Waals surface area contributed by atoms with Crippen LogP contribution in [0, 0.1) is 13.8 Å². The first kappa shape index (κ1) is 11.4. The van der Waals surface area contributed by atoms with Gasteiger partial charge in [0.1, 0.15) is 11.6 Å². The first-order valence-corrected chi connectivity index (χ1v) is 5.37. The normalized spacial score (nSPS) is 10.3. The van der Waals surface area contributed by atoms with Gasteiger partial charge in [-0.2, -0.15) is 0 Å². The fourth-order valence-corrected chi connectivity index (χ4v) is 1.69. The van der Waals surface area contributed by atoms with Gasteiger partial charge >= 0.3 is 0 Å². The lowest BCUT2D eigenvalue weighted by molar-refractivity contribution is 0.415. The maximum Gasteiger partial charge on any atom is 0.126 e. The Morgan fingerprint density at radius 2 is 1.71 bits per heavy atom. The summed E-state index contributed by atoms with van der Waals surface area (Å²) in [5.41, 5.74) is 9.18. The van der Waals surface area contributed by atoms with Crippen molar-refractivity contribution in [2.45, 2.75) is 13.8 Å². The summed E-state index contributed by atoms with van der Waals surface area (Å²) < 4.78 is 5.12. The van der Waals surface area contributed by atoms with Crippen molar-refractivity contribution >= 4 is 5.69 Å². The fourth-order valence-electron chi connectivity index (χ4n) is 1.69. The van der Waals surface area contributed by atoms with Crippen molar-refractivity contribution < 1.29 is 4.74 Å². The number of hydrogen-bond donors (Lipinski definition) is 1. The number of benzene rings is 1. The number of methoxy groups -OCH3 is 1. The Morgan fingerprint density at radius 3 is 2.29 bits per heavy atom. The first-order chi connectivity index (χ1) is 8.11. The van der Waals surface area contributed by atoms with Gasteiger partial charge in [-0.3, -0.25) is 0 Å². The van der Waals surface area contributed by atoms with Crippen molar-refractivity contribution in [1.82, 2.24) is 9.97 Å². The standard InChI is InChI=1S/C13H15N3O/c1-8-12(14)13(16-9(2)15-8)10-4-6-11(17-3)7-5-10/h4-7H,14H2,1-3H3. The van der Waals surface area contributed by atoms with Gasteiger partial charge in [-0.05, 0) is 38.1 Å². The van der Waals surface area contributed by atoms with Crippen molar-refractivity contribution in [2.75, 3.05) is 12.8 Å². The fraction of sp³-hybridized carbons (Fsp3) is 0.231. The molecule has 0 saturated heterocycles. The summed E-state index contributed by atoms with van der Waals surface area (Å²) in [6, 6.07) is 7.66. The molecule has 1 aromatic carbocycles. The highest BCUT2D eigenvalue weighted by molar-refractivity contribution is 5.74. The van der Waals surface area contributed by atoms with E-state index in [0.29, 0.717) is 5.69 Å². The van der Waals surface area contributed by atoms with Gasteiger partial charge in [0.05, 0.1) is 24.2 Å². The number of nitrogens with zero attached hydrogens (tertiary/aromatic N) is 2. The van der Waals surface area contributed by atoms with Crippen molar-refractivity contribution in [3.63, 3.8) is 0 Å². The Labute approximate surface area is 100 Å².